The molecule has 0 radical (unpaired) electrons. The molecule has 1 aromatic heterocycles. The van der Waals surface area contributed by atoms with Crippen LogP contribution in [0.25, 0.3) is 0 Å². The van der Waals surface area contributed by atoms with E-state index >= 15 is 0 Å². The molecule has 1 atom stereocenters. The van der Waals surface area contributed by atoms with Crippen molar-refractivity contribution in [2.24, 2.45) is 7.05 Å². The lowest BCUT2D eigenvalue weighted by Gasteiger charge is -2.43. The van der Waals surface area contributed by atoms with E-state index < -0.39 is 0 Å². The van der Waals surface area contributed by atoms with Crippen LogP contribution in [-0.4, -0.2) is 33.0 Å². The van der Waals surface area contributed by atoms with E-state index in [2.05, 4.69) is 15.4 Å². The second-order valence-electron chi connectivity index (χ2n) is 6.00. The van der Waals surface area contributed by atoms with Gasteiger partial charge in [0.05, 0.1) is 12.1 Å². The first-order chi connectivity index (χ1) is 9.26. The highest BCUT2D eigenvalue weighted by atomic mass is 16.5. The van der Waals surface area contributed by atoms with Gasteiger partial charge in [-0.3, -0.25) is 4.68 Å². The first kappa shape index (κ1) is 13.1. The van der Waals surface area contributed by atoms with Crippen molar-refractivity contribution in [2.75, 3.05) is 6.61 Å². The molecular formula is C14H24N4O. The van der Waals surface area contributed by atoms with E-state index in [1.165, 1.54) is 32.1 Å². The van der Waals surface area contributed by atoms with Gasteiger partial charge in [-0.05, 0) is 25.7 Å². The van der Waals surface area contributed by atoms with Crippen molar-refractivity contribution in [3.05, 3.63) is 12.2 Å². The minimum absolute atomic E-state index is 0.172. The van der Waals surface area contributed by atoms with Gasteiger partial charge in [-0.1, -0.05) is 19.3 Å². The van der Waals surface area contributed by atoms with E-state index in [1.807, 2.05) is 7.05 Å². The Kier molecular flexibility index (Phi) is 3.84. The molecule has 3 rings (SSSR count). The van der Waals surface area contributed by atoms with Gasteiger partial charge in [0.15, 0.2) is 5.82 Å². The monoisotopic (exact) mass is 264 g/mol. The first-order valence-corrected chi connectivity index (χ1v) is 7.48. The molecule has 2 aliphatic rings. The average molecular weight is 264 g/mol. The largest absolute Gasteiger partial charge is 0.375 e. The van der Waals surface area contributed by atoms with E-state index in [0.717, 1.165) is 31.8 Å². The maximum absolute atomic E-state index is 6.12. The van der Waals surface area contributed by atoms with Crippen LogP contribution in [0, 0.1) is 0 Å². The molecule has 1 aliphatic carbocycles. The molecule has 0 aromatic carbocycles. The number of nitrogens with one attached hydrogen (secondary N) is 1. The summed E-state index contributed by atoms with van der Waals surface area (Å²) in [6.07, 6.45) is 10.5. The molecule has 19 heavy (non-hydrogen) atoms. The van der Waals surface area contributed by atoms with Gasteiger partial charge in [0.25, 0.3) is 0 Å². The Morgan fingerprint density at radius 1 is 1.42 bits per heavy atom. The molecular weight excluding hydrogens is 240 g/mol. The van der Waals surface area contributed by atoms with Crippen LogP contribution in [0.5, 0.6) is 0 Å². The molecule has 1 spiro atoms. The predicted octanol–water partition coefficient (Wildman–Crippen LogP) is 1.79. The van der Waals surface area contributed by atoms with E-state index in [0.29, 0.717) is 6.04 Å². The van der Waals surface area contributed by atoms with Crippen LogP contribution < -0.4 is 5.32 Å². The zero-order chi connectivity index (χ0) is 13.1. The fourth-order valence-electron chi connectivity index (χ4n) is 3.45. The maximum Gasteiger partial charge on any atom is 0.164 e. The van der Waals surface area contributed by atoms with Crippen molar-refractivity contribution in [2.45, 2.75) is 63.1 Å². The quantitative estimate of drug-likeness (QED) is 0.904. The molecule has 1 saturated carbocycles. The van der Waals surface area contributed by atoms with Gasteiger partial charge in [0, 0.05) is 19.7 Å². The molecule has 1 saturated heterocycles. The van der Waals surface area contributed by atoms with Crippen LogP contribution in [0.1, 0.15) is 50.8 Å². The topological polar surface area (TPSA) is 52.0 Å². The van der Waals surface area contributed by atoms with E-state index in [1.54, 1.807) is 11.0 Å². The zero-order valence-corrected chi connectivity index (χ0v) is 11.8. The summed E-state index contributed by atoms with van der Waals surface area (Å²) in [5, 5.41) is 7.92. The molecule has 5 nitrogen and oxygen atoms in total. The van der Waals surface area contributed by atoms with Crippen molar-refractivity contribution >= 4 is 0 Å². The first-order valence-electron chi connectivity index (χ1n) is 7.48. The van der Waals surface area contributed by atoms with Gasteiger partial charge in [-0.15, -0.1) is 0 Å². The van der Waals surface area contributed by atoms with Crippen molar-refractivity contribution in [1.82, 2.24) is 20.1 Å². The van der Waals surface area contributed by atoms with E-state index in [4.69, 9.17) is 4.74 Å². The SMILES string of the molecule is Cn1cnc(CNC2CCOC3(CCCCC3)C2)n1. The Hall–Kier alpha value is -0.940. The normalized spacial score (nSPS) is 26.7. The number of nitrogens with zero attached hydrogens (tertiary/aromatic N) is 3. The lowest BCUT2D eigenvalue weighted by atomic mass is 9.78. The highest BCUT2D eigenvalue weighted by molar-refractivity contribution is 4.93. The molecule has 106 valence electrons. The summed E-state index contributed by atoms with van der Waals surface area (Å²) in [5.74, 6) is 0.881. The Labute approximate surface area is 114 Å². The van der Waals surface area contributed by atoms with Gasteiger partial charge >= 0.3 is 0 Å². The number of aromatic nitrogens is 3. The average Bonchev–Trinajstić information content (AvgIpc) is 2.83. The molecule has 0 bridgehead atoms. The minimum Gasteiger partial charge on any atom is -0.375 e. The third kappa shape index (κ3) is 3.15. The smallest absolute Gasteiger partial charge is 0.164 e. The molecule has 5 heteroatoms. The zero-order valence-electron chi connectivity index (χ0n) is 11.8. The minimum atomic E-state index is 0.172. The lowest BCUT2D eigenvalue weighted by molar-refractivity contribution is -0.109. The molecule has 2 fully saturated rings. The summed E-state index contributed by atoms with van der Waals surface area (Å²) < 4.78 is 7.87. The van der Waals surface area contributed by atoms with Gasteiger partial charge in [-0.2, -0.15) is 5.10 Å². The summed E-state index contributed by atoms with van der Waals surface area (Å²) in [7, 11) is 1.90. The number of rotatable bonds is 3. The van der Waals surface area contributed by atoms with Gasteiger partial charge < -0.3 is 10.1 Å². The number of hydrogen-bond donors (Lipinski definition) is 1. The van der Waals surface area contributed by atoms with Crippen LogP contribution >= 0.6 is 0 Å². The van der Waals surface area contributed by atoms with Crippen molar-refractivity contribution in [3.63, 3.8) is 0 Å². The van der Waals surface area contributed by atoms with Crippen LogP contribution in [-0.2, 0) is 18.3 Å². The summed E-state index contributed by atoms with van der Waals surface area (Å²) >= 11 is 0. The fourth-order valence-corrected chi connectivity index (χ4v) is 3.45. The molecule has 1 unspecified atom stereocenters. The number of aryl methyl sites for hydroxylation is 1. The van der Waals surface area contributed by atoms with Gasteiger partial charge in [0.2, 0.25) is 0 Å². The van der Waals surface area contributed by atoms with Crippen LogP contribution in [0.2, 0.25) is 0 Å². The molecule has 1 aliphatic heterocycles. The van der Waals surface area contributed by atoms with E-state index in [9.17, 15) is 0 Å². The highest BCUT2D eigenvalue weighted by Gasteiger charge is 2.38. The standard InChI is InChI=1S/C14H24N4O/c1-18-11-16-13(17-18)10-15-12-5-8-19-14(9-12)6-3-2-4-7-14/h11-12,15H,2-10H2,1H3. The Bertz CT molecular complexity index is 406. The van der Waals surface area contributed by atoms with E-state index in [-0.39, 0.29) is 5.60 Å². The van der Waals surface area contributed by atoms with Gasteiger partial charge in [-0.25, -0.2) is 4.98 Å². The van der Waals surface area contributed by atoms with Crippen molar-refractivity contribution in [1.29, 1.82) is 0 Å². The third-order valence-corrected chi connectivity index (χ3v) is 4.45. The second-order valence-corrected chi connectivity index (χ2v) is 6.00. The van der Waals surface area contributed by atoms with Crippen molar-refractivity contribution in [3.8, 4) is 0 Å². The fraction of sp³-hybridized carbons (Fsp3) is 0.857. The Morgan fingerprint density at radius 2 is 2.26 bits per heavy atom. The summed E-state index contributed by atoms with van der Waals surface area (Å²) in [4.78, 5) is 4.26. The Morgan fingerprint density at radius 3 is 3.00 bits per heavy atom. The third-order valence-electron chi connectivity index (χ3n) is 4.45. The maximum atomic E-state index is 6.12. The molecule has 2 heterocycles. The molecule has 1 aromatic rings. The van der Waals surface area contributed by atoms with Crippen LogP contribution in [0.3, 0.4) is 0 Å². The summed E-state index contributed by atoms with van der Waals surface area (Å²) in [6.45, 7) is 1.66. The van der Waals surface area contributed by atoms with Gasteiger partial charge in [0.1, 0.15) is 6.33 Å². The molecule has 1 N–H and O–H groups in total. The predicted molar refractivity (Wildman–Crippen MR) is 72.6 cm³/mol. The number of hydrogen-bond acceptors (Lipinski definition) is 4. The second kappa shape index (κ2) is 5.59. The number of ether oxygens (including phenoxy) is 1. The molecule has 0 amide bonds. The highest BCUT2D eigenvalue weighted by Crippen LogP contribution is 2.38. The summed E-state index contributed by atoms with van der Waals surface area (Å²) in [5.41, 5.74) is 0.172. The van der Waals surface area contributed by atoms with Crippen LogP contribution in [0.15, 0.2) is 6.33 Å². The lowest BCUT2D eigenvalue weighted by Crippen LogP contribution is -2.47. The van der Waals surface area contributed by atoms with Crippen LogP contribution in [0.4, 0.5) is 0 Å². The Balaban J connectivity index is 1.53. The summed E-state index contributed by atoms with van der Waals surface area (Å²) in [6, 6.07) is 0.552. The van der Waals surface area contributed by atoms with Crippen molar-refractivity contribution < 1.29 is 4.74 Å².